The quantitative estimate of drug-likeness (QED) is 0.669. The van der Waals surface area contributed by atoms with E-state index in [1.54, 1.807) is 10.6 Å². The van der Waals surface area contributed by atoms with E-state index in [4.69, 9.17) is 0 Å². The van der Waals surface area contributed by atoms with Crippen LogP contribution >= 0.6 is 0 Å². The second kappa shape index (κ2) is 2.52. The minimum atomic E-state index is -0.0490. The van der Waals surface area contributed by atoms with Gasteiger partial charge < -0.3 is 4.98 Å². The number of hydrogen-bond acceptors (Lipinski definition) is 1. The van der Waals surface area contributed by atoms with Crippen molar-refractivity contribution in [3.8, 4) is 0 Å². The predicted octanol–water partition coefficient (Wildman–Crippen LogP) is 1.15. The molecule has 1 radical (unpaired) electrons. The normalized spacial score (nSPS) is 10.8. The molecule has 12 heavy (non-hydrogen) atoms. The monoisotopic (exact) mass is 161 g/mol. The first-order valence-corrected chi connectivity index (χ1v) is 3.91. The third-order valence-electron chi connectivity index (χ3n) is 1.94. The zero-order chi connectivity index (χ0) is 8.55. The number of aryl methyl sites for hydroxylation is 1. The second-order valence-corrected chi connectivity index (χ2v) is 2.62. The van der Waals surface area contributed by atoms with Crippen molar-refractivity contribution in [1.82, 2.24) is 9.55 Å². The zero-order valence-electron chi connectivity index (χ0n) is 6.79. The van der Waals surface area contributed by atoms with Gasteiger partial charge in [-0.2, -0.15) is 0 Å². The maximum absolute atomic E-state index is 11.3. The molecule has 0 saturated heterocycles. The Bertz CT molecular complexity index is 453. The first-order chi connectivity index (χ1) is 5.83. The van der Waals surface area contributed by atoms with Crippen molar-refractivity contribution in [2.45, 2.75) is 13.5 Å². The standard InChI is InChI=1S/C9H9N2O/c1-2-11-8-6-4-3-5-7(8)10-9(11)12/h3,5-6H,2H2,1H3,(H,10,12). The van der Waals surface area contributed by atoms with Gasteiger partial charge in [-0.3, -0.25) is 4.57 Å². The number of aromatic amines is 1. The van der Waals surface area contributed by atoms with Crippen molar-refractivity contribution in [2.24, 2.45) is 0 Å². The Morgan fingerprint density at radius 1 is 1.67 bits per heavy atom. The van der Waals surface area contributed by atoms with Crippen LogP contribution in [0.25, 0.3) is 11.0 Å². The zero-order valence-corrected chi connectivity index (χ0v) is 6.79. The topological polar surface area (TPSA) is 37.8 Å². The molecule has 0 bridgehead atoms. The molecule has 1 heterocycles. The molecule has 0 aliphatic rings. The van der Waals surface area contributed by atoms with Crippen molar-refractivity contribution < 1.29 is 0 Å². The molecule has 0 aliphatic heterocycles. The summed E-state index contributed by atoms with van der Waals surface area (Å²) >= 11 is 0. The van der Waals surface area contributed by atoms with E-state index in [1.807, 2.05) is 19.1 Å². The summed E-state index contributed by atoms with van der Waals surface area (Å²) in [5, 5.41) is 0. The van der Waals surface area contributed by atoms with Gasteiger partial charge in [0.2, 0.25) is 0 Å². The van der Waals surface area contributed by atoms with Crippen LogP contribution in [0.4, 0.5) is 0 Å². The van der Waals surface area contributed by atoms with Gasteiger partial charge in [0.15, 0.2) is 0 Å². The van der Waals surface area contributed by atoms with Crippen LogP contribution in [0.5, 0.6) is 0 Å². The number of H-pyrrole nitrogens is 1. The molecule has 0 fully saturated rings. The Morgan fingerprint density at radius 2 is 2.50 bits per heavy atom. The molecule has 61 valence electrons. The molecule has 2 aromatic rings. The molecule has 1 aromatic carbocycles. The number of imidazole rings is 1. The van der Waals surface area contributed by atoms with Gasteiger partial charge in [0.25, 0.3) is 0 Å². The minimum absolute atomic E-state index is 0.0490. The Kier molecular flexibility index (Phi) is 1.50. The maximum Gasteiger partial charge on any atom is 0.326 e. The highest BCUT2D eigenvalue weighted by atomic mass is 16.1. The van der Waals surface area contributed by atoms with Gasteiger partial charge in [-0.15, -0.1) is 0 Å². The van der Waals surface area contributed by atoms with E-state index >= 15 is 0 Å². The van der Waals surface area contributed by atoms with E-state index in [2.05, 4.69) is 11.1 Å². The molecule has 0 amide bonds. The molecule has 0 atom stereocenters. The number of rotatable bonds is 1. The fraction of sp³-hybridized carbons (Fsp3) is 0.222. The molecular formula is C9H9N2O. The number of fused-ring (bicyclic) bond motifs is 1. The smallest absolute Gasteiger partial charge is 0.306 e. The van der Waals surface area contributed by atoms with Gasteiger partial charge in [-0.05, 0) is 25.1 Å². The molecule has 0 unspecified atom stereocenters. The highest BCUT2D eigenvalue weighted by molar-refractivity contribution is 5.74. The van der Waals surface area contributed by atoms with Crippen LogP contribution in [-0.4, -0.2) is 9.55 Å². The summed E-state index contributed by atoms with van der Waals surface area (Å²) in [6.45, 7) is 2.64. The summed E-state index contributed by atoms with van der Waals surface area (Å²) in [6, 6.07) is 8.40. The van der Waals surface area contributed by atoms with Gasteiger partial charge in [0.1, 0.15) is 0 Å². The fourth-order valence-electron chi connectivity index (χ4n) is 1.36. The molecule has 0 spiro atoms. The van der Waals surface area contributed by atoms with Crippen LogP contribution in [0.1, 0.15) is 6.92 Å². The lowest BCUT2D eigenvalue weighted by atomic mass is 10.3. The third-order valence-corrected chi connectivity index (χ3v) is 1.94. The molecule has 0 saturated carbocycles. The Balaban J connectivity index is 2.91. The van der Waals surface area contributed by atoms with Crippen molar-refractivity contribution in [3.05, 3.63) is 34.7 Å². The fourth-order valence-corrected chi connectivity index (χ4v) is 1.36. The van der Waals surface area contributed by atoms with Crippen LogP contribution in [0.15, 0.2) is 23.0 Å². The summed E-state index contributed by atoms with van der Waals surface area (Å²) in [6.07, 6.45) is 0. The van der Waals surface area contributed by atoms with E-state index in [1.165, 1.54) is 0 Å². The van der Waals surface area contributed by atoms with E-state index in [0.29, 0.717) is 6.54 Å². The highest BCUT2D eigenvalue weighted by Gasteiger charge is 2.01. The van der Waals surface area contributed by atoms with Crippen LogP contribution in [0, 0.1) is 6.07 Å². The van der Waals surface area contributed by atoms with Crippen molar-refractivity contribution in [2.75, 3.05) is 0 Å². The summed E-state index contributed by atoms with van der Waals surface area (Å²) < 4.78 is 1.69. The molecule has 2 rings (SSSR count). The number of aromatic nitrogens is 2. The second-order valence-electron chi connectivity index (χ2n) is 2.62. The van der Waals surface area contributed by atoms with Crippen LogP contribution < -0.4 is 5.69 Å². The maximum atomic E-state index is 11.3. The summed E-state index contributed by atoms with van der Waals surface area (Å²) in [5.41, 5.74) is 1.75. The lowest BCUT2D eigenvalue weighted by Gasteiger charge is -1.94. The lowest BCUT2D eigenvalue weighted by molar-refractivity contribution is 0.753. The van der Waals surface area contributed by atoms with Gasteiger partial charge in [0.05, 0.1) is 11.0 Å². The van der Waals surface area contributed by atoms with Crippen molar-refractivity contribution >= 4 is 11.0 Å². The van der Waals surface area contributed by atoms with Crippen LogP contribution in [-0.2, 0) is 6.54 Å². The van der Waals surface area contributed by atoms with Gasteiger partial charge in [-0.25, -0.2) is 4.79 Å². The van der Waals surface area contributed by atoms with Crippen LogP contribution in [0.3, 0.4) is 0 Å². The number of benzene rings is 1. The Morgan fingerprint density at radius 3 is 3.25 bits per heavy atom. The van der Waals surface area contributed by atoms with E-state index in [-0.39, 0.29) is 5.69 Å². The Labute approximate surface area is 69.6 Å². The molecule has 3 heteroatoms. The largest absolute Gasteiger partial charge is 0.326 e. The average Bonchev–Trinajstić information content (AvgIpc) is 2.40. The minimum Gasteiger partial charge on any atom is -0.306 e. The molecule has 3 nitrogen and oxygen atoms in total. The van der Waals surface area contributed by atoms with Gasteiger partial charge in [0, 0.05) is 6.54 Å². The van der Waals surface area contributed by atoms with E-state index in [9.17, 15) is 4.79 Å². The average molecular weight is 161 g/mol. The SMILES string of the molecule is CCn1c(=O)[nH]c2cc[c]cc21. The Hall–Kier alpha value is -1.51. The third kappa shape index (κ3) is 0.863. The number of nitrogens with zero attached hydrogens (tertiary/aromatic N) is 1. The van der Waals surface area contributed by atoms with E-state index < -0.39 is 0 Å². The molecule has 1 aromatic heterocycles. The lowest BCUT2D eigenvalue weighted by Crippen LogP contribution is -2.14. The predicted molar refractivity (Wildman–Crippen MR) is 47.1 cm³/mol. The number of nitrogens with one attached hydrogen (secondary N) is 1. The van der Waals surface area contributed by atoms with Crippen molar-refractivity contribution in [3.63, 3.8) is 0 Å². The first-order valence-electron chi connectivity index (χ1n) is 3.91. The summed E-state index contributed by atoms with van der Waals surface area (Å²) in [5.74, 6) is 0. The summed E-state index contributed by atoms with van der Waals surface area (Å²) in [4.78, 5) is 14.0. The summed E-state index contributed by atoms with van der Waals surface area (Å²) in [7, 11) is 0. The molecular weight excluding hydrogens is 152 g/mol. The van der Waals surface area contributed by atoms with Gasteiger partial charge in [-0.1, -0.05) is 6.07 Å². The van der Waals surface area contributed by atoms with E-state index in [0.717, 1.165) is 11.0 Å². The van der Waals surface area contributed by atoms with Gasteiger partial charge >= 0.3 is 5.69 Å². The highest BCUT2D eigenvalue weighted by Crippen LogP contribution is 2.07. The first kappa shape index (κ1) is 7.16. The van der Waals surface area contributed by atoms with Crippen LogP contribution in [0.2, 0.25) is 0 Å². The number of hydrogen-bond donors (Lipinski definition) is 1. The molecule has 1 N–H and O–H groups in total. The van der Waals surface area contributed by atoms with Crippen molar-refractivity contribution in [1.29, 1.82) is 0 Å². The molecule has 0 aliphatic carbocycles.